The Morgan fingerprint density at radius 1 is 1.14 bits per heavy atom. The van der Waals surface area contributed by atoms with Gasteiger partial charge in [0.15, 0.2) is 0 Å². The number of likely N-dealkylation sites (N-methyl/N-ethyl adjacent to an activating group) is 2. The molecule has 1 aromatic carbocycles. The summed E-state index contributed by atoms with van der Waals surface area (Å²) in [6, 6.07) is 13.1. The molecule has 1 atom stereocenters. The Morgan fingerprint density at radius 2 is 1.86 bits per heavy atom. The van der Waals surface area contributed by atoms with E-state index < -0.39 is 0 Å². The predicted octanol–water partition coefficient (Wildman–Crippen LogP) is 3.17. The molecule has 2 aromatic rings. The van der Waals surface area contributed by atoms with Gasteiger partial charge in [-0.2, -0.15) is 0 Å². The molecule has 1 aromatic heterocycles. The summed E-state index contributed by atoms with van der Waals surface area (Å²) in [6.45, 7) is 7.25. The number of aryl methyl sites for hydroxylation is 1. The Kier molecular flexibility index (Phi) is 5.90. The highest BCUT2D eigenvalue weighted by atomic mass is 15.1. The van der Waals surface area contributed by atoms with E-state index in [0.717, 1.165) is 19.6 Å². The van der Waals surface area contributed by atoms with Crippen LogP contribution < -0.4 is 5.32 Å². The third-order valence-corrected chi connectivity index (χ3v) is 3.71. The van der Waals surface area contributed by atoms with E-state index in [9.17, 15) is 0 Å². The molecule has 0 bridgehead atoms. The Morgan fingerprint density at radius 3 is 2.52 bits per heavy atom. The van der Waals surface area contributed by atoms with E-state index in [2.05, 4.69) is 72.5 Å². The van der Waals surface area contributed by atoms with Crippen molar-refractivity contribution < 1.29 is 0 Å². The van der Waals surface area contributed by atoms with Gasteiger partial charge in [-0.05, 0) is 49.3 Å². The van der Waals surface area contributed by atoms with Gasteiger partial charge >= 0.3 is 0 Å². The van der Waals surface area contributed by atoms with Gasteiger partial charge in [0.2, 0.25) is 0 Å². The maximum atomic E-state index is 4.07. The van der Waals surface area contributed by atoms with E-state index in [0.29, 0.717) is 6.04 Å². The Labute approximate surface area is 128 Å². The van der Waals surface area contributed by atoms with Crippen molar-refractivity contribution in [2.45, 2.75) is 26.4 Å². The number of pyridine rings is 1. The average molecular weight is 283 g/mol. The number of hydrogen-bond acceptors (Lipinski definition) is 3. The number of hydrogen-bond donors (Lipinski definition) is 1. The SMILES string of the molecule is CCNC(CN(C)Cc1ccncc1)c1ccccc1C. The molecule has 112 valence electrons. The van der Waals surface area contributed by atoms with Crippen LogP contribution in [0, 0.1) is 6.92 Å². The first kappa shape index (κ1) is 15.7. The number of aromatic nitrogens is 1. The zero-order valence-corrected chi connectivity index (χ0v) is 13.2. The fourth-order valence-corrected chi connectivity index (χ4v) is 2.67. The highest BCUT2D eigenvalue weighted by Gasteiger charge is 2.14. The molecule has 0 aliphatic heterocycles. The largest absolute Gasteiger partial charge is 0.309 e. The van der Waals surface area contributed by atoms with E-state index in [1.807, 2.05) is 12.4 Å². The predicted molar refractivity (Wildman–Crippen MR) is 88.2 cm³/mol. The van der Waals surface area contributed by atoms with Crippen LogP contribution in [0.25, 0.3) is 0 Å². The van der Waals surface area contributed by atoms with Gasteiger partial charge in [0, 0.05) is 31.5 Å². The van der Waals surface area contributed by atoms with Gasteiger partial charge in [0.25, 0.3) is 0 Å². The summed E-state index contributed by atoms with van der Waals surface area (Å²) in [6.07, 6.45) is 3.71. The van der Waals surface area contributed by atoms with Gasteiger partial charge in [-0.1, -0.05) is 31.2 Å². The van der Waals surface area contributed by atoms with Crippen molar-refractivity contribution in [3.8, 4) is 0 Å². The molecular weight excluding hydrogens is 258 g/mol. The summed E-state index contributed by atoms with van der Waals surface area (Å²) in [7, 11) is 2.17. The number of nitrogens with zero attached hydrogens (tertiary/aromatic N) is 2. The number of rotatable bonds is 7. The topological polar surface area (TPSA) is 28.2 Å². The normalized spacial score (nSPS) is 12.6. The molecule has 21 heavy (non-hydrogen) atoms. The summed E-state index contributed by atoms with van der Waals surface area (Å²) in [5, 5.41) is 3.60. The molecule has 0 spiro atoms. The van der Waals surface area contributed by atoms with Crippen molar-refractivity contribution in [1.82, 2.24) is 15.2 Å². The van der Waals surface area contributed by atoms with E-state index in [4.69, 9.17) is 0 Å². The molecule has 3 heteroatoms. The van der Waals surface area contributed by atoms with Gasteiger partial charge in [0.1, 0.15) is 0 Å². The molecule has 3 nitrogen and oxygen atoms in total. The lowest BCUT2D eigenvalue weighted by Crippen LogP contribution is -2.33. The summed E-state index contributed by atoms with van der Waals surface area (Å²) in [5.74, 6) is 0. The number of benzene rings is 1. The van der Waals surface area contributed by atoms with Gasteiger partial charge < -0.3 is 10.2 Å². The maximum absolute atomic E-state index is 4.07. The maximum Gasteiger partial charge on any atom is 0.0451 e. The second kappa shape index (κ2) is 7.91. The summed E-state index contributed by atoms with van der Waals surface area (Å²) >= 11 is 0. The van der Waals surface area contributed by atoms with E-state index in [1.54, 1.807) is 0 Å². The zero-order chi connectivity index (χ0) is 15.1. The van der Waals surface area contributed by atoms with Crippen LogP contribution in [0.2, 0.25) is 0 Å². The molecule has 0 fully saturated rings. The second-order valence-electron chi connectivity index (χ2n) is 5.52. The summed E-state index contributed by atoms with van der Waals surface area (Å²) in [4.78, 5) is 6.43. The van der Waals surface area contributed by atoms with E-state index >= 15 is 0 Å². The standard InChI is InChI=1S/C18H25N3/c1-4-20-18(17-8-6-5-7-15(17)2)14-21(3)13-16-9-11-19-12-10-16/h5-12,18,20H,4,13-14H2,1-3H3. The molecule has 1 heterocycles. The van der Waals surface area contributed by atoms with Crippen molar-refractivity contribution in [3.63, 3.8) is 0 Å². The molecule has 1 N–H and O–H groups in total. The van der Waals surface area contributed by atoms with Crippen LogP contribution in [-0.4, -0.2) is 30.0 Å². The first-order valence-electron chi connectivity index (χ1n) is 7.57. The van der Waals surface area contributed by atoms with E-state index in [1.165, 1.54) is 16.7 Å². The lowest BCUT2D eigenvalue weighted by molar-refractivity contribution is 0.284. The fourth-order valence-electron chi connectivity index (χ4n) is 2.67. The van der Waals surface area contributed by atoms with Crippen LogP contribution in [0.1, 0.15) is 29.7 Å². The Hall–Kier alpha value is -1.71. The third kappa shape index (κ3) is 4.66. The molecule has 0 aliphatic rings. The first-order valence-corrected chi connectivity index (χ1v) is 7.57. The van der Waals surface area contributed by atoms with Crippen LogP contribution in [-0.2, 0) is 6.54 Å². The van der Waals surface area contributed by atoms with E-state index in [-0.39, 0.29) is 0 Å². The van der Waals surface area contributed by atoms with Crippen LogP contribution in [0.4, 0.5) is 0 Å². The smallest absolute Gasteiger partial charge is 0.0451 e. The minimum atomic E-state index is 0.364. The first-order chi connectivity index (χ1) is 10.2. The van der Waals surface area contributed by atoms with Crippen LogP contribution in [0.3, 0.4) is 0 Å². The molecule has 1 unspecified atom stereocenters. The minimum absolute atomic E-state index is 0.364. The highest BCUT2D eigenvalue weighted by molar-refractivity contribution is 5.29. The van der Waals surface area contributed by atoms with Crippen molar-refractivity contribution in [2.75, 3.05) is 20.1 Å². The van der Waals surface area contributed by atoms with Crippen molar-refractivity contribution in [2.24, 2.45) is 0 Å². The average Bonchev–Trinajstić information content (AvgIpc) is 2.48. The third-order valence-electron chi connectivity index (χ3n) is 3.71. The molecule has 0 amide bonds. The molecule has 0 aliphatic carbocycles. The molecule has 0 saturated carbocycles. The van der Waals surface area contributed by atoms with Crippen LogP contribution in [0.15, 0.2) is 48.8 Å². The van der Waals surface area contributed by atoms with Crippen molar-refractivity contribution >= 4 is 0 Å². The fraction of sp³-hybridized carbons (Fsp3) is 0.389. The van der Waals surface area contributed by atoms with Crippen molar-refractivity contribution in [1.29, 1.82) is 0 Å². The monoisotopic (exact) mass is 283 g/mol. The van der Waals surface area contributed by atoms with Crippen LogP contribution >= 0.6 is 0 Å². The zero-order valence-electron chi connectivity index (χ0n) is 13.2. The number of nitrogens with one attached hydrogen (secondary N) is 1. The Bertz CT molecular complexity index is 539. The Balaban J connectivity index is 2.04. The lowest BCUT2D eigenvalue weighted by atomic mass is 10.0. The molecular formula is C18H25N3. The molecule has 0 radical (unpaired) electrons. The highest BCUT2D eigenvalue weighted by Crippen LogP contribution is 2.19. The van der Waals surface area contributed by atoms with Gasteiger partial charge in [0.05, 0.1) is 0 Å². The van der Waals surface area contributed by atoms with Gasteiger partial charge in [-0.15, -0.1) is 0 Å². The summed E-state index contributed by atoms with van der Waals surface area (Å²) < 4.78 is 0. The quantitative estimate of drug-likeness (QED) is 0.846. The van der Waals surface area contributed by atoms with Crippen molar-refractivity contribution in [3.05, 3.63) is 65.5 Å². The van der Waals surface area contributed by atoms with Gasteiger partial charge in [-0.3, -0.25) is 4.98 Å². The lowest BCUT2D eigenvalue weighted by Gasteiger charge is -2.26. The summed E-state index contributed by atoms with van der Waals surface area (Å²) in [5.41, 5.74) is 4.04. The second-order valence-corrected chi connectivity index (χ2v) is 5.52. The van der Waals surface area contributed by atoms with Crippen LogP contribution in [0.5, 0.6) is 0 Å². The minimum Gasteiger partial charge on any atom is -0.309 e. The molecule has 0 saturated heterocycles. The molecule has 2 rings (SSSR count). The van der Waals surface area contributed by atoms with Gasteiger partial charge in [-0.25, -0.2) is 0 Å².